The second kappa shape index (κ2) is 6.53. The maximum absolute atomic E-state index is 13.2. The van der Waals surface area contributed by atoms with Crippen molar-refractivity contribution in [1.29, 1.82) is 0 Å². The molecule has 0 unspecified atom stereocenters. The van der Waals surface area contributed by atoms with Crippen LogP contribution in [-0.4, -0.2) is 19.0 Å². The van der Waals surface area contributed by atoms with E-state index in [-0.39, 0.29) is 5.82 Å². The third-order valence-electron chi connectivity index (χ3n) is 3.22. The minimum absolute atomic E-state index is 0.186. The summed E-state index contributed by atoms with van der Waals surface area (Å²) in [7, 11) is 4.10. The van der Waals surface area contributed by atoms with Gasteiger partial charge in [0.05, 0.1) is 0 Å². The normalized spacial score (nSPS) is 10.8. The molecule has 2 rings (SSSR count). The Kier molecular flexibility index (Phi) is 4.74. The van der Waals surface area contributed by atoms with E-state index in [4.69, 9.17) is 0 Å². The summed E-state index contributed by atoms with van der Waals surface area (Å²) < 4.78 is 13.2. The van der Waals surface area contributed by atoms with Crippen molar-refractivity contribution >= 4 is 5.69 Å². The van der Waals surface area contributed by atoms with Crippen molar-refractivity contribution in [1.82, 2.24) is 4.90 Å². The Morgan fingerprint density at radius 1 is 1.10 bits per heavy atom. The second-order valence-corrected chi connectivity index (χ2v) is 5.36. The topological polar surface area (TPSA) is 15.3 Å². The monoisotopic (exact) mass is 272 g/mol. The van der Waals surface area contributed by atoms with Crippen LogP contribution in [0.15, 0.2) is 42.5 Å². The molecule has 0 atom stereocenters. The number of halogens is 1. The molecule has 0 bridgehead atoms. The van der Waals surface area contributed by atoms with E-state index in [1.54, 1.807) is 6.07 Å². The van der Waals surface area contributed by atoms with Crippen LogP contribution in [0.3, 0.4) is 0 Å². The molecule has 2 aromatic rings. The van der Waals surface area contributed by atoms with Gasteiger partial charge < -0.3 is 10.2 Å². The molecule has 2 nitrogen and oxygen atoms in total. The summed E-state index contributed by atoms with van der Waals surface area (Å²) in [5, 5.41) is 3.36. The largest absolute Gasteiger partial charge is 0.381 e. The van der Waals surface area contributed by atoms with Crippen LogP contribution in [0.4, 0.5) is 10.1 Å². The van der Waals surface area contributed by atoms with Crippen LogP contribution >= 0.6 is 0 Å². The third-order valence-corrected chi connectivity index (χ3v) is 3.22. The van der Waals surface area contributed by atoms with Crippen molar-refractivity contribution in [3.05, 3.63) is 65.0 Å². The zero-order valence-electron chi connectivity index (χ0n) is 12.3. The standard InChI is InChI=1S/C17H21FN2/c1-13-7-8-16(18)10-15(13)11-19-17-6-4-5-14(9-17)12-20(2)3/h4-10,19H,11-12H2,1-3H3. The van der Waals surface area contributed by atoms with E-state index in [1.807, 2.05) is 25.1 Å². The molecule has 0 heterocycles. The lowest BCUT2D eigenvalue weighted by Gasteiger charge is -2.13. The Balaban J connectivity index is 2.05. The molecular weight excluding hydrogens is 251 g/mol. The molecule has 0 saturated carbocycles. The van der Waals surface area contributed by atoms with E-state index in [2.05, 4.69) is 36.4 Å². The van der Waals surface area contributed by atoms with Gasteiger partial charge in [-0.25, -0.2) is 4.39 Å². The van der Waals surface area contributed by atoms with E-state index < -0.39 is 0 Å². The van der Waals surface area contributed by atoms with Crippen molar-refractivity contribution in [3.8, 4) is 0 Å². The average Bonchev–Trinajstić information content (AvgIpc) is 2.39. The summed E-state index contributed by atoms with van der Waals surface area (Å²) >= 11 is 0. The highest BCUT2D eigenvalue weighted by molar-refractivity contribution is 5.46. The molecule has 0 aliphatic rings. The molecule has 2 aromatic carbocycles. The van der Waals surface area contributed by atoms with E-state index in [1.165, 1.54) is 11.6 Å². The van der Waals surface area contributed by atoms with Crippen LogP contribution in [0.25, 0.3) is 0 Å². The number of aryl methyl sites for hydroxylation is 1. The molecule has 1 N–H and O–H groups in total. The molecule has 0 aliphatic carbocycles. The zero-order valence-corrected chi connectivity index (χ0v) is 12.3. The van der Waals surface area contributed by atoms with Crippen molar-refractivity contribution < 1.29 is 4.39 Å². The first-order valence-electron chi connectivity index (χ1n) is 6.77. The fraction of sp³-hybridized carbons (Fsp3) is 0.294. The highest BCUT2D eigenvalue weighted by Crippen LogP contribution is 2.15. The smallest absolute Gasteiger partial charge is 0.123 e. The van der Waals surface area contributed by atoms with Crippen molar-refractivity contribution in [2.45, 2.75) is 20.0 Å². The van der Waals surface area contributed by atoms with Crippen LogP contribution < -0.4 is 5.32 Å². The Labute approximate surface area is 120 Å². The van der Waals surface area contributed by atoms with Gasteiger partial charge in [-0.2, -0.15) is 0 Å². The number of hydrogen-bond donors (Lipinski definition) is 1. The fourth-order valence-electron chi connectivity index (χ4n) is 2.17. The molecule has 0 aromatic heterocycles. The Morgan fingerprint density at radius 2 is 1.90 bits per heavy atom. The van der Waals surface area contributed by atoms with Gasteiger partial charge in [0.1, 0.15) is 5.82 Å². The average molecular weight is 272 g/mol. The van der Waals surface area contributed by atoms with Gasteiger partial charge in [0, 0.05) is 18.8 Å². The summed E-state index contributed by atoms with van der Waals surface area (Å²) in [6.45, 7) is 3.54. The van der Waals surface area contributed by atoms with Crippen LogP contribution in [0, 0.1) is 12.7 Å². The van der Waals surface area contributed by atoms with Gasteiger partial charge in [0.2, 0.25) is 0 Å². The van der Waals surface area contributed by atoms with Crippen LogP contribution in [-0.2, 0) is 13.1 Å². The summed E-state index contributed by atoms with van der Waals surface area (Å²) in [4.78, 5) is 2.13. The second-order valence-electron chi connectivity index (χ2n) is 5.36. The van der Waals surface area contributed by atoms with Gasteiger partial charge in [-0.05, 0) is 62.0 Å². The number of rotatable bonds is 5. The van der Waals surface area contributed by atoms with Gasteiger partial charge in [0.25, 0.3) is 0 Å². The van der Waals surface area contributed by atoms with Gasteiger partial charge in [-0.3, -0.25) is 0 Å². The molecule has 0 radical (unpaired) electrons. The molecule has 0 saturated heterocycles. The Hall–Kier alpha value is -1.87. The Morgan fingerprint density at radius 3 is 2.65 bits per heavy atom. The van der Waals surface area contributed by atoms with Gasteiger partial charge in [0.15, 0.2) is 0 Å². The summed E-state index contributed by atoms with van der Waals surface area (Å²) in [5.41, 5.74) is 4.41. The lowest BCUT2D eigenvalue weighted by atomic mass is 10.1. The molecule has 20 heavy (non-hydrogen) atoms. The minimum Gasteiger partial charge on any atom is -0.381 e. The van der Waals surface area contributed by atoms with E-state index in [0.717, 1.165) is 23.4 Å². The number of nitrogens with one attached hydrogen (secondary N) is 1. The van der Waals surface area contributed by atoms with Crippen LogP contribution in [0.1, 0.15) is 16.7 Å². The number of hydrogen-bond acceptors (Lipinski definition) is 2. The van der Waals surface area contributed by atoms with Gasteiger partial charge in [-0.15, -0.1) is 0 Å². The first-order valence-corrected chi connectivity index (χ1v) is 6.77. The van der Waals surface area contributed by atoms with Crippen LogP contribution in [0.5, 0.6) is 0 Å². The quantitative estimate of drug-likeness (QED) is 0.890. The van der Waals surface area contributed by atoms with Crippen LogP contribution in [0.2, 0.25) is 0 Å². The molecule has 0 aliphatic heterocycles. The lowest BCUT2D eigenvalue weighted by Crippen LogP contribution is -2.10. The fourth-order valence-corrected chi connectivity index (χ4v) is 2.17. The minimum atomic E-state index is -0.186. The maximum atomic E-state index is 13.2. The molecule has 0 fully saturated rings. The lowest BCUT2D eigenvalue weighted by molar-refractivity contribution is 0.402. The predicted octanol–water partition coefficient (Wildman–Crippen LogP) is 3.81. The first kappa shape index (κ1) is 14.5. The summed E-state index contributed by atoms with van der Waals surface area (Å²) in [6, 6.07) is 13.2. The molecule has 0 spiro atoms. The summed E-state index contributed by atoms with van der Waals surface area (Å²) in [5.74, 6) is -0.186. The van der Waals surface area contributed by atoms with E-state index in [0.29, 0.717) is 6.54 Å². The van der Waals surface area contributed by atoms with Crippen molar-refractivity contribution in [2.24, 2.45) is 0 Å². The number of benzene rings is 2. The zero-order chi connectivity index (χ0) is 14.5. The maximum Gasteiger partial charge on any atom is 0.123 e. The number of anilines is 1. The number of nitrogens with zero attached hydrogens (tertiary/aromatic N) is 1. The molecule has 106 valence electrons. The SMILES string of the molecule is Cc1ccc(F)cc1CNc1cccc(CN(C)C)c1. The van der Waals surface area contributed by atoms with E-state index in [9.17, 15) is 4.39 Å². The highest BCUT2D eigenvalue weighted by atomic mass is 19.1. The molecular formula is C17H21FN2. The molecule has 3 heteroatoms. The first-order chi connectivity index (χ1) is 9.54. The molecule has 0 amide bonds. The highest BCUT2D eigenvalue weighted by Gasteiger charge is 2.02. The van der Waals surface area contributed by atoms with Crippen molar-refractivity contribution in [3.63, 3.8) is 0 Å². The van der Waals surface area contributed by atoms with Crippen molar-refractivity contribution in [2.75, 3.05) is 19.4 Å². The third kappa shape index (κ3) is 4.07. The van der Waals surface area contributed by atoms with Gasteiger partial charge >= 0.3 is 0 Å². The van der Waals surface area contributed by atoms with E-state index >= 15 is 0 Å². The predicted molar refractivity (Wildman–Crippen MR) is 82.3 cm³/mol. The Bertz CT molecular complexity index is 579. The summed E-state index contributed by atoms with van der Waals surface area (Å²) in [6.07, 6.45) is 0. The van der Waals surface area contributed by atoms with Gasteiger partial charge in [-0.1, -0.05) is 18.2 Å².